The fraction of sp³-hybridized carbons (Fsp3) is 0.200. The van der Waals surface area contributed by atoms with E-state index in [1.165, 1.54) is 6.07 Å². The highest BCUT2D eigenvalue weighted by atomic mass is 79.9. The van der Waals surface area contributed by atoms with Crippen LogP contribution in [0.2, 0.25) is 0 Å². The third-order valence-corrected chi connectivity index (χ3v) is 4.37. The first-order chi connectivity index (χ1) is 9.51. The van der Waals surface area contributed by atoms with Gasteiger partial charge in [-0.05, 0) is 74.2 Å². The van der Waals surface area contributed by atoms with Crippen molar-refractivity contribution in [1.29, 1.82) is 0 Å². The van der Waals surface area contributed by atoms with Crippen molar-refractivity contribution < 1.29 is 4.39 Å². The normalized spacial score (nSPS) is 12.2. The number of rotatable bonds is 4. The van der Waals surface area contributed by atoms with E-state index in [9.17, 15) is 4.39 Å². The first kappa shape index (κ1) is 15.5. The van der Waals surface area contributed by atoms with E-state index in [2.05, 4.69) is 37.2 Å². The maximum Gasteiger partial charge on any atom is 0.137 e. The van der Waals surface area contributed by atoms with Crippen molar-refractivity contribution in [3.8, 4) is 0 Å². The van der Waals surface area contributed by atoms with Crippen LogP contribution in [0, 0.1) is 12.7 Å². The Balaban J connectivity index is 2.28. The molecule has 0 fully saturated rings. The molecule has 106 valence electrons. The average molecular weight is 402 g/mol. The minimum atomic E-state index is -0.286. The molecule has 0 heterocycles. The average Bonchev–Trinajstić information content (AvgIpc) is 2.43. The van der Waals surface area contributed by atoms with Gasteiger partial charge in [0, 0.05) is 16.7 Å². The molecular weight excluding hydrogens is 387 g/mol. The molecular formula is C15H15Br2FN2. The summed E-state index contributed by atoms with van der Waals surface area (Å²) in [6.45, 7) is 2.40. The van der Waals surface area contributed by atoms with Crippen LogP contribution in [0.25, 0.3) is 0 Å². The summed E-state index contributed by atoms with van der Waals surface area (Å²) in [4.78, 5) is 0. The molecule has 0 spiro atoms. The second-order valence-electron chi connectivity index (χ2n) is 4.59. The molecule has 2 rings (SSSR count). The highest BCUT2D eigenvalue weighted by molar-refractivity contribution is 9.10. The molecule has 0 aliphatic rings. The maximum atomic E-state index is 13.6. The van der Waals surface area contributed by atoms with Gasteiger partial charge in [0.05, 0.1) is 10.5 Å². The summed E-state index contributed by atoms with van der Waals surface area (Å²) >= 11 is 6.66. The van der Waals surface area contributed by atoms with E-state index in [1.54, 1.807) is 6.07 Å². The van der Waals surface area contributed by atoms with E-state index in [-0.39, 0.29) is 11.9 Å². The number of hydrogen-bond acceptors (Lipinski definition) is 2. The third-order valence-electron chi connectivity index (χ3n) is 3.03. The van der Waals surface area contributed by atoms with Gasteiger partial charge in [0.25, 0.3) is 0 Å². The summed E-state index contributed by atoms with van der Waals surface area (Å²) in [5, 5.41) is 3.35. The number of benzene rings is 2. The molecule has 0 radical (unpaired) electrons. The number of aryl methyl sites for hydroxylation is 1. The SMILES string of the molecule is Cc1ccc(Br)c(NC(CN)c2ccc(Br)c(F)c2)c1. The molecule has 2 aromatic carbocycles. The first-order valence-electron chi connectivity index (χ1n) is 6.19. The van der Waals surface area contributed by atoms with E-state index in [1.807, 2.05) is 31.2 Å². The molecule has 0 aliphatic carbocycles. The molecule has 3 N–H and O–H groups in total. The van der Waals surface area contributed by atoms with Gasteiger partial charge in [-0.15, -0.1) is 0 Å². The first-order valence-corrected chi connectivity index (χ1v) is 7.77. The highest BCUT2D eigenvalue weighted by Gasteiger charge is 2.13. The second-order valence-corrected chi connectivity index (χ2v) is 6.30. The van der Waals surface area contributed by atoms with E-state index < -0.39 is 0 Å². The van der Waals surface area contributed by atoms with Crippen LogP contribution >= 0.6 is 31.9 Å². The Labute approximate surface area is 134 Å². The topological polar surface area (TPSA) is 38.0 Å². The highest BCUT2D eigenvalue weighted by Crippen LogP contribution is 2.28. The number of nitrogens with two attached hydrogens (primary N) is 1. The number of hydrogen-bond donors (Lipinski definition) is 2. The Morgan fingerprint density at radius 2 is 1.85 bits per heavy atom. The molecule has 0 saturated carbocycles. The van der Waals surface area contributed by atoms with Crippen molar-refractivity contribution in [2.24, 2.45) is 5.73 Å². The second kappa shape index (κ2) is 6.70. The van der Waals surface area contributed by atoms with Crippen molar-refractivity contribution in [2.45, 2.75) is 13.0 Å². The molecule has 0 aliphatic heterocycles. The number of halogens is 3. The van der Waals surface area contributed by atoms with E-state index in [0.717, 1.165) is 21.3 Å². The van der Waals surface area contributed by atoms with Gasteiger partial charge in [0.15, 0.2) is 0 Å². The largest absolute Gasteiger partial charge is 0.376 e. The predicted octanol–water partition coefficient (Wildman–Crippen LogP) is 4.77. The molecule has 1 atom stereocenters. The fourth-order valence-electron chi connectivity index (χ4n) is 1.94. The Bertz CT molecular complexity index is 617. The molecule has 1 unspecified atom stereocenters. The van der Waals surface area contributed by atoms with Gasteiger partial charge in [0.1, 0.15) is 5.82 Å². The van der Waals surface area contributed by atoms with E-state index >= 15 is 0 Å². The van der Waals surface area contributed by atoms with Crippen molar-refractivity contribution in [3.63, 3.8) is 0 Å². The minimum absolute atomic E-state index is 0.143. The summed E-state index contributed by atoms with van der Waals surface area (Å²) in [6.07, 6.45) is 0. The molecule has 0 saturated heterocycles. The zero-order valence-electron chi connectivity index (χ0n) is 11.0. The van der Waals surface area contributed by atoms with Crippen molar-refractivity contribution in [3.05, 3.63) is 62.3 Å². The zero-order valence-corrected chi connectivity index (χ0v) is 14.1. The van der Waals surface area contributed by atoms with Crippen LogP contribution in [0.1, 0.15) is 17.2 Å². The lowest BCUT2D eigenvalue weighted by Gasteiger charge is -2.20. The quantitative estimate of drug-likeness (QED) is 0.774. The van der Waals surface area contributed by atoms with Crippen LogP contribution < -0.4 is 11.1 Å². The van der Waals surface area contributed by atoms with Crippen LogP contribution in [-0.4, -0.2) is 6.54 Å². The number of nitrogens with one attached hydrogen (secondary N) is 1. The van der Waals surface area contributed by atoms with Gasteiger partial charge in [0.2, 0.25) is 0 Å². The van der Waals surface area contributed by atoms with Gasteiger partial charge < -0.3 is 11.1 Å². The molecule has 2 aromatic rings. The molecule has 2 nitrogen and oxygen atoms in total. The van der Waals surface area contributed by atoms with Crippen LogP contribution in [0.15, 0.2) is 45.3 Å². The van der Waals surface area contributed by atoms with Crippen LogP contribution in [-0.2, 0) is 0 Å². The molecule has 0 aromatic heterocycles. The molecule has 0 bridgehead atoms. The van der Waals surface area contributed by atoms with Crippen LogP contribution in [0.5, 0.6) is 0 Å². The summed E-state index contributed by atoms with van der Waals surface area (Å²) in [6, 6.07) is 10.9. The lowest BCUT2D eigenvalue weighted by Crippen LogP contribution is -2.21. The van der Waals surface area contributed by atoms with Gasteiger partial charge in [-0.1, -0.05) is 12.1 Å². The monoisotopic (exact) mass is 400 g/mol. The molecule has 5 heteroatoms. The molecule has 0 amide bonds. The third kappa shape index (κ3) is 3.59. The van der Waals surface area contributed by atoms with Crippen molar-refractivity contribution in [1.82, 2.24) is 0 Å². The van der Waals surface area contributed by atoms with Crippen molar-refractivity contribution >= 4 is 37.5 Å². The predicted molar refractivity (Wildman–Crippen MR) is 88.4 cm³/mol. The Hall–Kier alpha value is -0.910. The van der Waals surface area contributed by atoms with Crippen LogP contribution in [0.3, 0.4) is 0 Å². The Morgan fingerprint density at radius 3 is 2.50 bits per heavy atom. The fourth-order valence-corrected chi connectivity index (χ4v) is 2.55. The summed E-state index contributed by atoms with van der Waals surface area (Å²) in [5.74, 6) is -0.286. The van der Waals surface area contributed by atoms with Gasteiger partial charge in [-0.25, -0.2) is 4.39 Å². The van der Waals surface area contributed by atoms with E-state index in [4.69, 9.17) is 5.73 Å². The lowest BCUT2D eigenvalue weighted by molar-refractivity contribution is 0.615. The Kier molecular flexibility index (Phi) is 5.18. The van der Waals surface area contributed by atoms with Crippen molar-refractivity contribution in [2.75, 3.05) is 11.9 Å². The maximum absolute atomic E-state index is 13.6. The van der Waals surface area contributed by atoms with E-state index in [0.29, 0.717) is 11.0 Å². The van der Waals surface area contributed by atoms with Crippen LogP contribution in [0.4, 0.5) is 10.1 Å². The summed E-state index contributed by atoms with van der Waals surface area (Å²) in [5.41, 5.74) is 8.73. The lowest BCUT2D eigenvalue weighted by atomic mass is 10.1. The smallest absolute Gasteiger partial charge is 0.137 e. The minimum Gasteiger partial charge on any atom is -0.376 e. The number of anilines is 1. The Morgan fingerprint density at radius 1 is 1.15 bits per heavy atom. The molecule has 20 heavy (non-hydrogen) atoms. The zero-order chi connectivity index (χ0) is 14.7. The standard InChI is InChI=1S/C15H15Br2FN2/c1-9-2-4-12(17)14(6-9)20-15(8-19)10-3-5-11(16)13(18)7-10/h2-7,15,20H,8,19H2,1H3. The summed E-state index contributed by atoms with van der Waals surface area (Å²) in [7, 11) is 0. The summed E-state index contributed by atoms with van der Waals surface area (Å²) < 4.78 is 15.0. The van der Waals surface area contributed by atoms with Gasteiger partial charge in [-0.3, -0.25) is 0 Å². The van der Waals surface area contributed by atoms with Gasteiger partial charge >= 0.3 is 0 Å². The van der Waals surface area contributed by atoms with Gasteiger partial charge in [-0.2, -0.15) is 0 Å².